The molecule has 0 bridgehead atoms. The first-order chi connectivity index (χ1) is 15.1. The summed E-state index contributed by atoms with van der Waals surface area (Å²) in [5.74, 6) is -1.65. The van der Waals surface area contributed by atoms with E-state index in [4.69, 9.17) is 14.2 Å². The molecule has 1 fully saturated rings. The normalized spacial score (nSPS) is 22.4. The van der Waals surface area contributed by atoms with Crippen LogP contribution in [0.4, 0.5) is 0 Å². The van der Waals surface area contributed by atoms with Gasteiger partial charge in [0.2, 0.25) is 5.91 Å². The molecule has 2 N–H and O–H groups in total. The maximum atomic E-state index is 13.5. The van der Waals surface area contributed by atoms with Crippen molar-refractivity contribution in [2.24, 2.45) is 11.8 Å². The molecule has 5 atom stereocenters. The molecule has 1 aliphatic heterocycles. The molecule has 0 radical (unpaired) electrons. The number of rotatable bonds is 10. The monoisotopic (exact) mass is 472 g/mol. The van der Waals surface area contributed by atoms with Crippen LogP contribution in [0, 0.1) is 11.8 Å². The van der Waals surface area contributed by atoms with E-state index in [9.17, 15) is 19.5 Å². The lowest BCUT2D eigenvalue weighted by molar-refractivity contribution is -0.172. The number of hydrogen-bond donors (Lipinski definition) is 2. The number of aliphatic hydroxyl groups is 1. The second-order valence-corrected chi connectivity index (χ2v) is 10.8. The molecule has 0 spiro atoms. The highest BCUT2D eigenvalue weighted by Gasteiger charge is 2.49. The van der Waals surface area contributed by atoms with Crippen LogP contribution >= 0.6 is 0 Å². The summed E-state index contributed by atoms with van der Waals surface area (Å²) in [7, 11) is 1.53. The smallest absolute Gasteiger partial charge is 0.324 e. The Bertz CT molecular complexity index is 669. The number of ether oxygens (including phenoxy) is 3. The molecule has 9 heteroatoms. The average Bonchev–Trinajstić information content (AvgIpc) is 3.08. The second-order valence-electron chi connectivity index (χ2n) is 10.8. The van der Waals surface area contributed by atoms with Crippen molar-refractivity contribution < 1.29 is 33.7 Å². The predicted octanol–water partition coefficient (Wildman–Crippen LogP) is 1.90. The van der Waals surface area contributed by atoms with Gasteiger partial charge in [0, 0.05) is 39.6 Å². The molecule has 0 aromatic carbocycles. The number of likely N-dealkylation sites (tertiary alicyclic amines) is 1. The Hall–Kier alpha value is -1.71. The Morgan fingerprint density at radius 3 is 2.09 bits per heavy atom. The summed E-state index contributed by atoms with van der Waals surface area (Å²) in [6.45, 7) is 14.6. The number of methoxy groups -OCH3 is 1. The van der Waals surface area contributed by atoms with Gasteiger partial charge in [0.1, 0.15) is 23.3 Å². The van der Waals surface area contributed by atoms with Gasteiger partial charge in [0.25, 0.3) is 0 Å². The fourth-order valence-electron chi connectivity index (χ4n) is 4.25. The number of aliphatic hydroxyl groups excluding tert-OH is 1. The van der Waals surface area contributed by atoms with Crippen molar-refractivity contribution in [2.45, 2.75) is 97.6 Å². The quantitative estimate of drug-likeness (QED) is 0.464. The highest BCUT2D eigenvalue weighted by molar-refractivity contribution is 5.81. The molecule has 0 aromatic heterocycles. The third kappa shape index (κ3) is 9.22. The van der Waals surface area contributed by atoms with E-state index in [0.29, 0.717) is 19.4 Å². The number of carbonyl (C=O) groups excluding carboxylic acids is 3. The van der Waals surface area contributed by atoms with Crippen molar-refractivity contribution in [3.63, 3.8) is 0 Å². The number of nitrogens with one attached hydrogen (secondary N) is 1. The standard InChI is InChI=1S/C24H44N2O7/c1-10-17(19(31-9)12-25-15(2)28)20(22(30)33-24(6,7)8)26-13-16(14-27)11-18(26)21(29)32-23(3,4)5/h16-20,27H,10-14H2,1-9H3,(H,25,28)/t16?,17-,18?,19?,20+/m0/s1. The van der Waals surface area contributed by atoms with Crippen molar-refractivity contribution >= 4 is 17.8 Å². The van der Waals surface area contributed by atoms with E-state index in [-0.39, 0.29) is 30.9 Å². The Morgan fingerprint density at radius 1 is 1.09 bits per heavy atom. The Balaban J connectivity index is 3.42. The van der Waals surface area contributed by atoms with E-state index in [2.05, 4.69) is 5.32 Å². The minimum atomic E-state index is -0.818. The Labute approximate surface area is 198 Å². The first-order valence-corrected chi connectivity index (χ1v) is 11.7. The van der Waals surface area contributed by atoms with Gasteiger partial charge < -0.3 is 24.6 Å². The average molecular weight is 473 g/mol. The molecule has 0 aliphatic carbocycles. The molecule has 192 valence electrons. The highest BCUT2D eigenvalue weighted by atomic mass is 16.6. The minimum absolute atomic E-state index is 0.104. The minimum Gasteiger partial charge on any atom is -0.459 e. The topological polar surface area (TPSA) is 114 Å². The van der Waals surface area contributed by atoms with Crippen LogP contribution in [0.2, 0.25) is 0 Å². The van der Waals surface area contributed by atoms with E-state index in [1.165, 1.54) is 14.0 Å². The third-order valence-electron chi connectivity index (χ3n) is 5.58. The molecule has 33 heavy (non-hydrogen) atoms. The highest BCUT2D eigenvalue weighted by Crippen LogP contribution is 2.33. The van der Waals surface area contributed by atoms with E-state index in [0.717, 1.165) is 0 Å². The molecule has 1 amide bonds. The number of esters is 2. The van der Waals surface area contributed by atoms with Crippen LogP contribution in [0.25, 0.3) is 0 Å². The number of nitrogens with zero attached hydrogens (tertiary/aromatic N) is 1. The van der Waals surface area contributed by atoms with Crippen LogP contribution in [0.5, 0.6) is 0 Å². The maximum Gasteiger partial charge on any atom is 0.324 e. The fourth-order valence-corrected chi connectivity index (χ4v) is 4.25. The molecule has 1 heterocycles. The summed E-state index contributed by atoms with van der Waals surface area (Å²) in [5.41, 5.74) is -1.42. The molecule has 9 nitrogen and oxygen atoms in total. The van der Waals surface area contributed by atoms with Crippen LogP contribution in [0.15, 0.2) is 0 Å². The lowest BCUT2D eigenvalue weighted by atomic mass is 9.88. The molecular formula is C24H44N2O7. The zero-order chi connectivity index (χ0) is 25.6. The summed E-state index contributed by atoms with van der Waals surface area (Å²) >= 11 is 0. The summed E-state index contributed by atoms with van der Waals surface area (Å²) in [5, 5.41) is 12.6. The lowest BCUT2D eigenvalue weighted by Crippen LogP contribution is -2.57. The fraction of sp³-hybridized carbons (Fsp3) is 0.875. The van der Waals surface area contributed by atoms with Crippen LogP contribution in [-0.2, 0) is 28.6 Å². The van der Waals surface area contributed by atoms with Crippen LogP contribution in [0.1, 0.15) is 68.2 Å². The largest absolute Gasteiger partial charge is 0.459 e. The number of carbonyl (C=O) groups is 3. The van der Waals surface area contributed by atoms with Gasteiger partial charge in [-0.25, -0.2) is 0 Å². The van der Waals surface area contributed by atoms with Gasteiger partial charge in [-0.05, 0) is 60.3 Å². The van der Waals surface area contributed by atoms with Gasteiger partial charge in [-0.3, -0.25) is 19.3 Å². The van der Waals surface area contributed by atoms with Crippen molar-refractivity contribution in [2.75, 3.05) is 26.8 Å². The van der Waals surface area contributed by atoms with E-state index >= 15 is 0 Å². The number of amides is 1. The Kier molecular flexibility index (Phi) is 10.8. The molecule has 0 aromatic rings. The summed E-state index contributed by atoms with van der Waals surface area (Å²) < 4.78 is 17.1. The first-order valence-electron chi connectivity index (χ1n) is 11.7. The van der Waals surface area contributed by atoms with Gasteiger partial charge in [-0.1, -0.05) is 6.92 Å². The lowest BCUT2D eigenvalue weighted by Gasteiger charge is -2.40. The SMILES string of the molecule is CC[C@@H](C(CNC(C)=O)OC)[C@H](C(=O)OC(C)(C)C)N1CC(CO)CC1C(=O)OC(C)(C)C. The zero-order valence-corrected chi connectivity index (χ0v) is 21.8. The zero-order valence-electron chi connectivity index (χ0n) is 21.8. The van der Waals surface area contributed by atoms with Gasteiger partial charge in [0.05, 0.1) is 6.10 Å². The van der Waals surface area contributed by atoms with Crippen molar-refractivity contribution in [1.82, 2.24) is 10.2 Å². The van der Waals surface area contributed by atoms with Gasteiger partial charge in [-0.2, -0.15) is 0 Å². The van der Waals surface area contributed by atoms with Gasteiger partial charge >= 0.3 is 11.9 Å². The predicted molar refractivity (Wildman–Crippen MR) is 124 cm³/mol. The van der Waals surface area contributed by atoms with E-state index < -0.39 is 41.3 Å². The Morgan fingerprint density at radius 2 is 1.67 bits per heavy atom. The summed E-state index contributed by atoms with van der Waals surface area (Å²) in [6.07, 6.45) is 0.442. The van der Waals surface area contributed by atoms with Crippen LogP contribution < -0.4 is 5.32 Å². The third-order valence-corrected chi connectivity index (χ3v) is 5.58. The molecular weight excluding hydrogens is 428 g/mol. The van der Waals surface area contributed by atoms with E-state index in [1.807, 2.05) is 6.92 Å². The molecule has 1 rings (SSSR count). The summed E-state index contributed by atoms with van der Waals surface area (Å²) in [6, 6.07) is -1.52. The molecule has 0 saturated carbocycles. The van der Waals surface area contributed by atoms with Crippen molar-refractivity contribution in [1.29, 1.82) is 0 Å². The van der Waals surface area contributed by atoms with Crippen LogP contribution in [-0.4, -0.2) is 84.0 Å². The first kappa shape index (κ1) is 29.3. The summed E-state index contributed by atoms with van der Waals surface area (Å²) in [4.78, 5) is 40.0. The maximum absolute atomic E-state index is 13.5. The van der Waals surface area contributed by atoms with E-state index in [1.54, 1.807) is 46.4 Å². The van der Waals surface area contributed by atoms with Crippen LogP contribution in [0.3, 0.4) is 0 Å². The molecule has 3 unspecified atom stereocenters. The van der Waals surface area contributed by atoms with Crippen molar-refractivity contribution in [3.05, 3.63) is 0 Å². The van der Waals surface area contributed by atoms with Gasteiger partial charge in [-0.15, -0.1) is 0 Å². The molecule has 1 saturated heterocycles. The second kappa shape index (κ2) is 12.1. The van der Waals surface area contributed by atoms with Crippen molar-refractivity contribution in [3.8, 4) is 0 Å². The molecule has 1 aliphatic rings. The van der Waals surface area contributed by atoms with Gasteiger partial charge in [0.15, 0.2) is 0 Å². The number of hydrogen-bond acceptors (Lipinski definition) is 8.